The largest absolute Gasteiger partial charge is 0.324 e. The monoisotopic (exact) mass is 507 g/mol. The minimum absolute atomic E-state index is 0.00756. The Kier molecular flexibility index (Phi) is 7.89. The number of benzene rings is 3. The van der Waals surface area contributed by atoms with Crippen molar-refractivity contribution in [2.24, 2.45) is 0 Å². The predicted molar refractivity (Wildman–Crippen MR) is 146 cm³/mol. The summed E-state index contributed by atoms with van der Waals surface area (Å²) in [6.07, 6.45) is 1.07. The topological polar surface area (TPSA) is 95.6 Å². The summed E-state index contributed by atoms with van der Waals surface area (Å²) in [6.45, 7) is 9.68. The maximum atomic E-state index is 12.8. The lowest BCUT2D eigenvalue weighted by atomic mass is 9.87. The van der Waals surface area contributed by atoms with Crippen molar-refractivity contribution in [1.29, 1.82) is 0 Å². The quantitative estimate of drug-likeness (QED) is 0.456. The number of nitrogens with zero attached hydrogens (tertiary/aromatic N) is 1. The Morgan fingerprint density at radius 3 is 2.03 bits per heavy atom. The van der Waals surface area contributed by atoms with Crippen LogP contribution in [0, 0.1) is 13.8 Å². The maximum Gasteiger partial charge on any atom is 0.255 e. The van der Waals surface area contributed by atoms with Gasteiger partial charge in [0.15, 0.2) is 0 Å². The summed E-state index contributed by atoms with van der Waals surface area (Å²) in [4.78, 5) is 25.5. The lowest BCUT2D eigenvalue weighted by molar-refractivity contribution is -0.114. The van der Waals surface area contributed by atoms with Gasteiger partial charge in [-0.2, -0.15) is 0 Å². The molecule has 7 nitrogen and oxygen atoms in total. The molecular weight excluding hydrogens is 474 g/mol. The molecule has 0 aliphatic rings. The second kappa shape index (κ2) is 10.5. The van der Waals surface area contributed by atoms with Crippen LogP contribution in [0.4, 0.5) is 17.1 Å². The van der Waals surface area contributed by atoms with Gasteiger partial charge in [-0.25, -0.2) is 8.42 Å². The molecule has 0 bridgehead atoms. The molecule has 0 spiro atoms. The molecule has 0 unspecified atom stereocenters. The zero-order chi connectivity index (χ0) is 26.7. The Labute approximate surface area is 213 Å². The summed E-state index contributed by atoms with van der Waals surface area (Å²) >= 11 is 0. The van der Waals surface area contributed by atoms with E-state index in [1.165, 1.54) is 0 Å². The Bertz CT molecular complexity index is 1370. The Hall–Kier alpha value is -3.65. The fourth-order valence-electron chi connectivity index (χ4n) is 3.80. The van der Waals surface area contributed by atoms with E-state index in [-0.39, 0.29) is 17.9 Å². The van der Waals surface area contributed by atoms with E-state index in [9.17, 15) is 18.0 Å². The molecule has 8 heteroatoms. The normalized spacial score (nSPS) is 11.6. The molecule has 2 amide bonds. The van der Waals surface area contributed by atoms with Gasteiger partial charge in [0.05, 0.1) is 11.9 Å². The van der Waals surface area contributed by atoms with Gasteiger partial charge in [0.2, 0.25) is 15.9 Å². The van der Waals surface area contributed by atoms with Crippen LogP contribution in [0.5, 0.6) is 0 Å². The number of nitrogens with one attached hydrogen (secondary N) is 2. The van der Waals surface area contributed by atoms with E-state index in [0.29, 0.717) is 22.6 Å². The Morgan fingerprint density at radius 1 is 0.861 bits per heavy atom. The standard InChI is InChI=1S/C28H33N3O4S/c1-19-10-15-25(20(2)16-19)31(36(6,34)35)18-26(32)29-23-8-7-9-24(17-23)30-27(33)21-11-13-22(14-12-21)28(3,4)5/h7-17H,18H2,1-6H3,(H,29,32)(H,30,33). The van der Waals surface area contributed by atoms with Crippen LogP contribution in [0.3, 0.4) is 0 Å². The smallest absolute Gasteiger partial charge is 0.255 e. The highest BCUT2D eigenvalue weighted by atomic mass is 32.2. The molecule has 3 aromatic carbocycles. The molecule has 2 N–H and O–H groups in total. The maximum absolute atomic E-state index is 12.8. The SMILES string of the molecule is Cc1ccc(N(CC(=O)Nc2cccc(NC(=O)c3ccc(C(C)(C)C)cc3)c2)S(C)(=O)=O)c(C)c1. The molecule has 0 saturated heterocycles. The van der Waals surface area contributed by atoms with Crippen molar-refractivity contribution >= 4 is 38.9 Å². The molecule has 3 rings (SSSR count). The number of anilines is 3. The van der Waals surface area contributed by atoms with E-state index in [2.05, 4.69) is 31.4 Å². The molecule has 190 valence electrons. The van der Waals surface area contributed by atoms with E-state index < -0.39 is 15.9 Å². The molecule has 0 radical (unpaired) electrons. The number of rotatable bonds is 7. The van der Waals surface area contributed by atoms with Crippen molar-refractivity contribution in [3.63, 3.8) is 0 Å². The first-order valence-electron chi connectivity index (χ1n) is 11.6. The fraction of sp³-hybridized carbons (Fsp3) is 0.286. The van der Waals surface area contributed by atoms with Gasteiger partial charge in [-0.15, -0.1) is 0 Å². The predicted octanol–water partition coefficient (Wildman–Crippen LogP) is 5.26. The summed E-state index contributed by atoms with van der Waals surface area (Å²) in [5, 5.41) is 5.56. The summed E-state index contributed by atoms with van der Waals surface area (Å²) in [5.41, 5.74) is 4.81. The van der Waals surface area contributed by atoms with Crippen LogP contribution < -0.4 is 14.9 Å². The van der Waals surface area contributed by atoms with Crippen molar-refractivity contribution in [1.82, 2.24) is 0 Å². The zero-order valence-corrected chi connectivity index (χ0v) is 22.4. The van der Waals surface area contributed by atoms with Gasteiger partial charge < -0.3 is 10.6 Å². The van der Waals surface area contributed by atoms with Crippen LogP contribution in [0.15, 0.2) is 66.7 Å². The first-order chi connectivity index (χ1) is 16.7. The van der Waals surface area contributed by atoms with E-state index in [4.69, 9.17) is 0 Å². The first-order valence-corrected chi connectivity index (χ1v) is 13.5. The third-order valence-corrected chi connectivity index (χ3v) is 6.85. The van der Waals surface area contributed by atoms with Crippen LogP contribution in [0.25, 0.3) is 0 Å². The van der Waals surface area contributed by atoms with Gasteiger partial charge in [-0.3, -0.25) is 13.9 Å². The Balaban J connectivity index is 1.71. The molecule has 0 aliphatic carbocycles. The fourth-order valence-corrected chi connectivity index (χ4v) is 4.71. The molecule has 36 heavy (non-hydrogen) atoms. The van der Waals surface area contributed by atoms with E-state index >= 15 is 0 Å². The number of hydrogen-bond donors (Lipinski definition) is 2. The summed E-state index contributed by atoms with van der Waals surface area (Å²) in [6, 6.07) is 19.5. The summed E-state index contributed by atoms with van der Waals surface area (Å²) in [7, 11) is -3.69. The molecule has 0 fully saturated rings. The van der Waals surface area contributed by atoms with Gasteiger partial charge in [0.25, 0.3) is 5.91 Å². The van der Waals surface area contributed by atoms with Crippen molar-refractivity contribution in [3.05, 3.63) is 89.0 Å². The van der Waals surface area contributed by atoms with Crippen molar-refractivity contribution in [3.8, 4) is 0 Å². The van der Waals surface area contributed by atoms with E-state index in [1.54, 1.807) is 55.5 Å². The van der Waals surface area contributed by atoms with Crippen LogP contribution >= 0.6 is 0 Å². The van der Waals surface area contributed by atoms with Crippen LogP contribution in [-0.2, 0) is 20.2 Å². The lowest BCUT2D eigenvalue weighted by Gasteiger charge is -2.24. The van der Waals surface area contributed by atoms with Gasteiger partial charge in [0, 0.05) is 16.9 Å². The van der Waals surface area contributed by atoms with Crippen LogP contribution in [-0.4, -0.2) is 33.0 Å². The Morgan fingerprint density at radius 2 is 1.47 bits per heavy atom. The highest BCUT2D eigenvalue weighted by Crippen LogP contribution is 2.25. The van der Waals surface area contributed by atoms with E-state index in [1.807, 2.05) is 25.1 Å². The molecule has 0 atom stereocenters. The second-order valence-electron chi connectivity index (χ2n) is 9.97. The van der Waals surface area contributed by atoms with Crippen LogP contribution in [0.1, 0.15) is 47.8 Å². The summed E-state index contributed by atoms with van der Waals surface area (Å²) < 4.78 is 26.0. The van der Waals surface area contributed by atoms with Crippen molar-refractivity contribution < 1.29 is 18.0 Å². The molecule has 0 saturated carbocycles. The highest BCUT2D eigenvalue weighted by Gasteiger charge is 2.22. The van der Waals surface area contributed by atoms with Gasteiger partial charge in [-0.1, -0.05) is 56.7 Å². The molecule has 3 aromatic rings. The third kappa shape index (κ3) is 6.95. The first kappa shape index (κ1) is 26.9. The number of carbonyl (C=O) groups is 2. The molecule has 0 aliphatic heterocycles. The van der Waals surface area contributed by atoms with E-state index in [0.717, 1.165) is 27.3 Å². The third-order valence-electron chi connectivity index (χ3n) is 5.73. The second-order valence-corrected chi connectivity index (χ2v) is 11.9. The number of aryl methyl sites for hydroxylation is 2. The van der Waals surface area contributed by atoms with Crippen molar-refractivity contribution in [2.75, 3.05) is 27.7 Å². The van der Waals surface area contributed by atoms with Crippen molar-refractivity contribution in [2.45, 2.75) is 40.0 Å². The number of amides is 2. The average Bonchev–Trinajstić information content (AvgIpc) is 2.77. The van der Waals surface area contributed by atoms with Crippen LogP contribution in [0.2, 0.25) is 0 Å². The van der Waals surface area contributed by atoms with Gasteiger partial charge >= 0.3 is 0 Å². The minimum Gasteiger partial charge on any atom is -0.324 e. The molecule has 0 heterocycles. The van der Waals surface area contributed by atoms with Gasteiger partial charge in [0.1, 0.15) is 6.54 Å². The number of hydrogen-bond acceptors (Lipinski definition) is 4. The highest BCUT2D eigenvalue weighted by molar-refractivity contribution is 7.92. The summed E-state index contributed by atoms with van der Waals surface area (Å²) in [5.74, 6) is -0.765. The minimum atomic E-state index is -3.69. The molecule has 0 aromatic heterocycles. The number of carbonyl (C=O) groups excluding carboxylic acids is 2. The average molecular weight is 508 g/mol. The van der Waals surface area contributed by atoms with Gasteiger partial charge in [-0.05, 0) is 66.8 Å². The lowest BCUT2D eigenvalue weighted by Crippen LogP contribution is -2.37. The zero-order valence-electron chi connectivity index (χ0n) is 21.5. The number of sulfonamides is 1. The molecular formula is C28H33N3O4S.